The highest BCUT2D eigenvalue weighted by Crippen LogP contribution is 2.23. The van der Waals surface area contributed by atoms with Crippen molar-refractivity contribution in [1.82, 2.24) is 10.3 Å². The molecule has 2 amide bonds. The van der Waals surface area contributed by atoms with Crippen LogP contribution in [0.5, 0.6) is 0 Å². The third-order valence-electron chi connectivity index (χ3n) is 3.12. The zero-order chi connectivity index (χ0) is 16.2. The molecule has 1 aliphatic rings. The summed E-state index contributed by atoms with van der Waals surface area (Å²) in [6.07, 6.45) is 0. The van der Waals surface area contributed by atoms with Crippen LogP contribution in [0.1, 0.15) is 15.2 Å². The van der Waals surface area contributed by atoms with Crippen molar-refractivity contribution in [2.24, 2.45) is 5.10 Å². The lowest BCUT2D eigenvalue weighted by Gasteiger charge is -2.14. The maximum absolute atomic E-state index is 13.6. The number of halogens is 1. The maximum atomic E-state index is 13.6. The summed E-state index contributed by atoms with van der Waals surface area (Å²) in [5.74, 6) is -1.05. The minimum absolute atomic E-state index is 0.0673. The zero-order valence-corrected chi connectivity index (χ0v) is 13.5. The van der Waals surface area contributed by atoms with Crippen LogP contribution in [-0.2, 0) is 11.3 Å². The molecule has 2 heterocycles. The van der Waals surface area contributed by atoms with Crippen LogP contribution >= 0.6 is 23.1 Å². The smallest absolute Gasteiger partial charge is 0.274 e. The Morgan fingerprint density at radius 3 is 2.87 bits per heavy atom. The average Bonchev–Trinajstić information content (AvgIpc) is 3.17. The minimum Gasteiger partial charge on any atom is -0.284 e. The molecule has 0 spiro atoms. The fraction of sp³-hybridized carbons (Fsp3) is 0.133. The Kier molecular flexibility index (Phi) is 4.73. The van der Waals surface area contributed by atoms with Crippen molar-refractivity contribution in [3.05, 3.63) is 58.0 Å². The molecule has 0 atom stereocenters. The first-order chi connectivity index (χ1) is 11.1. The van der Waals surface area contributed by atoms with E-state index in [4.69, 9.17) is 0 Å². The van der Waals surface area contributed by atoms with E-state index >= 15 is 0 Å². The first-order valence-corrected chi connectivity index (χ1v) is 8.60. The number of thioether (sulfide) groups is 1. The molecule has 1 aromatic heterocycles. The van der Waals surface area contributed by atoms with Gasteiger partial charge in [0.25, 0.3) is 5.91 Å². The summed E-state index contributed by atoms with van der Waals surface area (Å²) in [6, 6.07) is 9.50. The highest BCUT2D eigenvalue weighted by atomic mass is 32.2. The molecule has 0 radical (unpaired) electrons. The molecule has 2 aromatic rings. The summed E-state index contributed by atoms with van der Waals surface area (Å²) in [5, 5.41) is 6.32. The van der Waals surface area contributed by atoms with E-state index in [1.165, 1.54) is 34.9 Å². The Morgan fingerprint density at radius 1 is 1.30 bits per heavy atom. The van der Waals surface area contributed by atoms with Gasteiger partial charge < -0.3 is 0 Å². The van der Waals surface area contributed by atoms with E-state index in [0.717, 1.165) is 4.88 Å². The molecular weight excluding hydrogens is 337 g/mol. The third kappa shape index (κ3) is 3.59. The first-order valence-electron chi connectivity index (χ1n) is 6.73. The summed E-state index contributed by atoms with van der Waals surface area (Å²) in [4.78, 5) is 26.4. The number of benzene rings is 1. The van der Waals surface area contributed by atoms with Gasteiger partial charge in [-0.15, -0.1) is 16.4 Å². The monoisotopic (exact) mass is 349 g/mol. The van der Waals surface area contributed by atoms with Crippen molar-refractivity contribution in [2.75, 3.05) is 5.75 Å². The molecule has 23 heavy (non-hydrogen) atoms. The van der Waals surface area contributed by atoms with Crippen LogP contribution in [0.15, 0.2) is 46.9 Å². The van der Waals surface area contributed by atoms with E-state index in [1.807, 2.05) is 17.5 Å². The molecule has 1 aliphatic heterocycles. The lowest BCUT2D eigenvalue weighted by atomic mass is 10.2. The summed E-state index contributed by atoms with van der Waals surface area (Å²) >= 11 is 2.79. The standard InChI is InChI=1S/C15H12FN3O2S2/c16-12-6-2-1-5-11(12)14(21)17-18-15-19(13(20)9-23-15)8-10-4-3-7-22-10/h1-7H,8-9H2,(H,17,21)/b18-15+. The van der Waals surface area contributed by atoms with Gasteiger partial charge in [0, 0.05) is 4.88 Å². The van der Waals surface area contributed by atoms with Crippen LogP contribution in [0.3, 0.4) is 0 Å². The van der Waals surface area contributed by atoms with Crippen LogP contribution < -0.4 is 5.43 Å². The maximum Gasteiger partial charge on any atom is 0.274 e. The lowest BCUT2D eigenvalue weighted by Crippen LogP contribution is -2.31. The number of thiophene rings is 1. The number of carbonyl (C=O) groups is 2. The number of amides is 2. The molecule has 1 fully saturated rings. The van der Waals surface area contributed by atoms with Gasteiger partial charge in [-0.05, 0) is 23.6 Å². The van der Waals surface area contributed by atoms with E-state index in [9.17, 15) is 14.0 Å². The van der Waals surface area contributed by atoms with Crippen molar-refractivity contribution >= 4 is 40.1 Å². The molecule has 1 N–H and O–H groups in total. The second-order valence-corrected chi connectivity index (χ2v) is 6.64. The number of hydrogen-bond donors (Lipinski definition) is 1. The van der Waals surface area contributed by atoms with Crippen LogP contribution in [0.2, 0.25) is 0 Å². The quantitative estimate of drug-likeness (QED) is 0.863. The normalized spacial score (nSPS) is 16.1. The number of nitrogens with zero attached hydrogens (tertiary/aromatic N) is 2. The molecule has 8 heteroatoms. The number of hydrogen-bond acceptors (Lipinski definition) is 5. The molecule has 0 aliphatic carbocycles. The summed E-state index contributed by atoms with van der Waals surface area (Å²) in [7, 11) is 0. The van der Waals surface area contributed by atoms with Gasteiger partial charge >= 0.3 is 0 Å². The third-order valence-corrected chi connectivity index (χ3v) is 4.94. The fourth-order valence-corrected chi connectivity index (χ4v) is 3.53. The number of carbonyl (C=O) groups excluding carboxylic acids is 2. The number of rotatable bonds is 4. The van der Waals surface area contributed by atoms with Gasteiger partial charge in [0.2, 0.25) is 5.91 Å². The highest BCUT2D eigenvalue weighted by Gasteiger charge is 2.29. The van der Waals surface area contributed by atoms with Crippen molar-refractivity contribution < 1.29 is 14.0 Å². The molecule has 5 nitrogen and oxygen atoms in total. The molecule has 0 bridgehead atoms. The van der Waals surface area contributed by atoms with Gasteiger partial charge in [-0.3, -0.25) is 14.5 Å². The molecule has 118 valence electrons. The van der Waals surface area contributed by atoms with Gasteiger partial charge in [0.05, 0.1) is 17.9 Å². The number of amidine groups is 1. The fourth-order valence-electron chi connectivity index (χ4n) is 2.00. The van der Waals surface area contributed by atoms with Gasteiger partial charge in [0.1, 0.15) is 5.82 Å². The van der Waals surface area contributed by atoms with E-state index in [2.05, 4.69) is 10.5 Å². The van der Waals surface area contributed by atoms with Crippen molar-refractivity contribution in [3.8, 4) is 0 Å². The van der Waals surface area contributed by atoms with Crippen LogP contribution in [0, 0.1) is 5.82 Å². The van der Waals surface area contributed by atoms with Gasteiger partial charge in [-0.2, -0.15) is 0 Å². The Bertz CT molecular complexity index is 762. The second kappa shape index (κ2) is 6.93. The minimum atomic E-state index is -0.647. The van der Waals surface area contributed by atoms with Crippen LogP contribution in [0.4, 0.5) is 4.39 Å². The lowest BCUT2D eigenvalue weighted by molar-refractivity contribution is -0.124. The van der Waals surface area contributed by atoms with Crippen LogP contribution in [-0.4, -0.2) is 27.6 Å². The largest absolute Gasteiger partial charge is 0.284 e. The summed E-state index contributed by atoms with van der Waals surface area (Å²) in [5.41, 5.74) is 2.22. The average molecular weight is 349 g/mol. The Labute approximate surface area is 140 Å². The van der Waals surface area contributed by atoms with Crippen LogP contribution in [0.25, 0.3) is 0 Å². The summed E-state index contributed by atoms with van der Waals surface area (Å²) in [6.45, 7) is 0.415. The second-order valence-electron chi connectivity index (χ2n) is 4.66. The SMILES string of the molecule is O=C(N/N=C1/SCC(=O)N1Cc1cccs1)c1ccccc1F. The molecule has 0 unspecified atom stereocenters. The topological polar surface area (TPSA) is 61.8 Å². The molecule has 1 aromatic carbocycles. The predicted molar refractivity (Wildman–Crippen MR) is 88.6 cm³/mol. The van der Waals surface area contributed by atoms with Crippen molar-refractivity contribution in [3.63, 3.8) is 0 Å². The molecule has 0 saturated carbocycles. The first kappa shape index (κ1) is 15.7. The molecule has 1 saturated heterocycles. The zero-order valence-electron chi connectivity index (χ0n) is 11.9. The Hall–Kier alpha value is -2.19. The van der Waals surface area contributed by atoms with E-state index in [1.54, 1.807) is 17.4 Å². The van der Waals surface area contributed by atoms with Gasteiger partial charge in [-0.1, -0.05) is 30.0 Å². The van der Waals surface area contributed by atoms with Crippen molar-refractivity contribution in [2.45, 2.75) is 6.54 Å². The summed E-state index contributed by atoms with van der Waals surface area (Å²) < 4.78 is 13.6. The Balaban J connectivity index is 1.72. The van der Waals surface area contributed by atoms with Crippen molar-refractivity contribution in [1.29, 1.82) is 0 Å². The molecule has 3 rings (SSSR count). The van der Waals surface area contributed by atoms with Gasteiger partial charge in [-0.25, -0.2) is 9.82 Å². The van der Waals surface area contributed by atoms with E-state index in [0.29, 0.717) is 11.7 Å². The molecular formula is C15H12FN3O2S2. The van der Waals surface area contributed by atoms with Gasteiger partial charge in [0.15, 0.2) is 5.17 Å². The number of nitrogens with one attached hydrogen (secondary N) is 1. The number of hydrazone groups is 1. The van der Waals surface area contributed by atoms with E-state index < -0.39 is 11.7 Å². The van der Waals surface area contributed by atoms with E-state index in [-0.39, 0.29) is 17.2 Å². The highest BCUT2D eigenvalue weighted by molar-refractivity contribution is 8.15. The Morgan fingerprint density at radius 2 is 2.13 bits per heavy atom. The predicted octanol–water partition coefficient (Wildman–Crippen LogP) is 2.66.